The minimum atomic E-state index is -0.0673. The van der Waals surface area contributed by atoms with Crippen LogP contribution in [0.4, 0.5) is 0 Å². The number of nitrogens with zero attached hydrogens (tertiary/aromatic N) is 3. The molecule has 1 amide bonds. The van der Waals surface area contributed by atoms with Crippen LogP contribution in [-0.2, 0) is 13.7 Å². The van der Waals surface area contributed by atoms with Crippen molar-refractivity contribution in [3.8, 4) is 5.75 Å². The molecule has 1 atom stereocenters. The monoisotopic (exact) mass is 412 g/mol. The SMILES string of the molecule is Cl.Cn1ccnc1C1CNCCN1C(=O)c1ccc(COc2ccccc2)cc1. The summed E-state index contributed by atoms with van der Waals surface area (Å²) < 4.78 is 7.75. The van der Waals surface area contributed by atoms with Crippen LogP contribution in [0, 0.1) is 0 Å². The smallest absolute Gasteiger partial charge is 0.254 e. The lowest BCUT2D eigenvalue weighted by molar-refractivity contribution is 0.0621. The van der Waals surface area contributed by atoms with E-state index in [1.165, 1.54) is 0 Å². The number of benzene rings is 2. The Morgan fingerprint density at radius 3 is 2.62 bits per heavy atom. The quantitative estimate of drug-likeness (QED) is 0.699. The summed E-state index contributed by atoms with van der Waals surface area (Å²) in [5.41, 5.74) is 1.71. The molecule has 7 heteroatoms. The second-order valence-corrected chi connectivity index (χ2v) is 6.91. The zero-order chi connectivity index (χ0) is 19.3. The number of para-hydroxylation sites is 1. The van der Waals surface area contributed by atoms with Gasteiger partial charge in [0.15, 0.2) is 0 Å². The predicted molar refractivity (Wildman–Crippen MR) is 114 cm³/mol. The summed E-state index contributed by atoms with van der Waals surface area (Å²) in [6.45, 7) is 2.63. The Morgan fingerprint density at radius 1 is 1.17 bits per heavy atom. The number of rotatable bonds is 5. The van der Waals surface area contributed by atoms with Crippen LogP contribution >= 0.6 is 12.4 Å². The maximum Gasteiger partial charge on any atom is 0.254 e. The van der Waals surface area contributed by atoms with Crippen LogP contribution in [0.3, 0.4) is 0 Å². The second kappa shape index (κ2) is 9.58. The Labute approximate surface area is 176 Å². The summed E-state index contributed by atoms with van der Waals surface area (Å²) in [7, 11) is 1.96. The highest BCUT2D eigenvalue weighted by Gasteiger charge is 2.30. The topological polar surface area (TPSA) is 59.4 Å². The summed E-state index contributed by atoms with van der Waals surface area (Å²) in [4.78, 5) is 19.5. The summed E-state index contributed by atoms with van der Waals surface area (Å²) in [6.07, 6.45) is 3.68. The standard InChI is InChI=1S/C22H24N4O2.ClH/c1-25-13-12-24-21(25)20-15-23-11-14-26(20)22(27)18-9-7-17(8-10-18)16-28-19-5-3-2-4-6-19;/h2-10,12-13,20,23H,11,14-16H2,1H3;1H. The van der Waals surface area contributed by atoms with E-state index in [0.717, 1.165) is 23.7 Å². The van der Waals surface area contributed by atoms with Crippen LogP contribution in [0.1, 0.15) is 27.8 Å². The first-order chi connectivity index (χ1) is 13.7. The predicted octanol–water partition coefficient (Wildman–Crippen LogP) is 3.21. The fourth-order valence-electron chi connectivity index (χ4n) is 3.47. The first-order valence-corrected chi connectivity index (χ1v) is 9.48. The van der Waals surface area contributed by atoms with E-state index >= 15 is 0 Å². The molecule has 4 rings (SSSR count). The third-order valence-electron chi connectivity index (χ3n) is 5.01. The number of halogens is 1. The molecule has 152 valence electrons. The van der Waals surface area contributed by atoms with Crippen LogP contribution < -0.4 is 10.1 Å². The Kier molecular flexibility index (Phi) is 6.90. The fraction of sp³-hybridized carbons (Fsp3) is 0.273. The Hall–Kier alpha value is -2.83. The lowest BCUT2D eigenvalue weighted by Crippen LogP contribution is -2.49. The first-order valence-electron chi connectivity index (χ1n) is 9.48. The molecule has 0 bridgehead atoms. The van der Waals surface area contributed by atoms with Gasteiger partial charge < -0.3 is 19.5 Å². The van der Waals surface area contributed by atoms with Crippen LogP contribution in [0.5, 0.6) is 5.75 Å². The lowest BCUT2D eigenvalue weighted by atomic mass is 10.1. The van der Waals surface area contributed by atoms with Crippen molar-refractivity contribution in [2.75, 3.05) is 19.6 Å². The third kappa shape index (κ3) is 4.78. The number of carbonyl (C=O) groups excluding carboxylic acids is 1. The van der Waals surface area contributed by atoms with E-state index in [9.17, 15) is 4.79 Å². The van der Waals surface area contributed by atoms with Crippen LogP contribution in [0.25, 0.3) is 0 Å². The molecule has 1 aliphatic heterocycles. The average Bonchev–Trinajstić information content (AvgIpc) is 3.18. The lowest BCUT2D eigenvalue weighted by Gasteiger charge is -2.35. The molecule has 2 heterocycles. The maximum absolute atomic E-state index is 13.1. The molecule has 1 saturated heterocycles. The van der Waals surface area contributed by atoms with Gasteiger partial charge in [-0.2, -0.15) is 0 Å². The van der Waals surface area contributed by atoms with Gasteiger partial charge in [0.05, 0.1) is 0 Å². The summed E-state index contributed by atoms with van der Waals surface area (Å²) in [5, 5.41) is 3.36. The molecule has 0 aliphatic carbocycles. The van der Waals surface area contributed by atoms with Gasteiger partial charge in [-0.3, -0.25) is 4.79 Å². The van der Waals surface area contributed by atoms with Gasteiger partial charge in [0.1, 0.15) is 24.2 Å². The summed E-state index contributed by atoms with van der Waals surface area (Å²) >= 11 is 0. The van der Waals surface area contributed by atoms with Crippen LogP contribution in [0.2, 0.25) is 0 Å². The number of piperazine rings is 1. The molecule has 0 radical (unpaired) electrons. The molecule has 1 fully saturated rings. The number of imidazole rings is 1. The average molecular weight is 413 g/mol. The second-order valence-electron chi connectivity index (χ2n) is 6.91. The molecule has 2 aromatic carbocycles. The van der Waals surface area contributed by atoms with Crippen molar-refractivity contribution >= 4 is 18.3 Å². The van der Waals surface area contributed by atoms with E-state index in [4.69, 9.17) is 4.74 Å². The zero-order valence-corrected chi connectivity index (χ0v) is 17.1. The minimum absolute atomic E-state index is 0. The molecular weight excluding hydrogens is 388 g/mol. The van der Waals surface area contributed by atoms with Crippen molar-refractivity contribution in [3.05, 3.63) is 83.9 Å². The third-order valence-corrected chi connectivity index (χ3v) is 5.01. The van der Waals surface area contributed by atoms with E-state index in [0.29, 0.717) is 25.3 Å². The number of aromatic nitrogens is 2. The van der Waals surface area contributed by atoms with Gasteiger partial charge in [-0.15, -0.1) is 12.4 Å². The Morgan fingerprint density at radius 2 is 1.93 bits per heavy atom. The van der Waals surface area contributed by atoms with Crippen molar-refractivity contribution in [2.24, 2.45) is 7.05 Å². The highest BCUT2D eigenvalue weighted by Crippen LogP contribution is 2.23. The van der Waals surface area contributed by atoms with E-state index in [1.54, 1.807) is 6.20 Å². The van der Waals surface area contributed by atoms with Crippen molar-refractivity contribution in [2.45, 2.75) is 12.6 Å². The molecule has 0 spiro atoms. The van der Waals surface area contributed by atoms with Crippen molar-refractivity contribution < 1.29 is 9.53 Å². The van der Waals surface area contributed by atoms with E-state index in [1.807, 2.05) is 77.3 Å². The van der Waals surface area contributed by atoms with Gasteiger partial charge in [0, 0.05) is 44.6 Å². The van der Waals surface area contributed by atoms with E-state index < -0.39 is 0 Å². The summed E-state index contributed by atoms with van der Waals surface area (Å²) in [6, 6.07) is 17.3. The molecule has 1 aliphatic rings. The van der Waals surface area contributed by atoms with Gasteiger partial charge in [0.25, 0.3) is 5.91 Å². The van der Waals surface area contributed by atoms with Crippen LogP contribution in [-0.4, -0.2) is 40.0 Å². The zero-order valence-electron chi connectivity index (χ0n) is 16.3. The Balaban J connectivity index is 0.00000240. The van der Waals surface area contributed by atoms with Crippen molar-refractivity contribution in [3.63, 3.8) is 0 Å². The Bertz CT molecular complexity index is 928. The number of amides is 1. The molecule has 29 heavy (non-hydrogen) atoms. The van der Waals surface area contributed by atoms with Crippen molar-refractivity contribution in [1.82, 2.24) is 19.8 Å². The molecule has 1 aromatic heterocycles. The largest absolute Gasteiger partial charge is 0.489 e. The van der Waals surface area contributed by atoms with Gasteiger partial charge in [-0.25, -0.2) is 4.98 Å². The van der Waals surface area contributed by atoms with Gasteiger partial charge in [-0.1, -0.05) is 30.3 Å². The fourth-order valence-corrected chi connectivity index (χ4v) is 3.47. The highest BCUT2D eigenvalue weighted by atomic mass is 35.5. The number of ether oxygens (including phenoxy) is 1. The molecule has 6 nitrogen and oxygen atoms in total. The molecule has 1 N–H and O–H groups in total. The normalized spacial score (nSPS) is 16.2. The molecule has 1 unspecified atom stereocenters. The van der Waals surface area contributed by atoms with E-state index in [-0.39, 0.29) is 24.4 Å². The van der Waals surface area contributed by atoms with Crippen molar-refractivity contribution in [1.29, 1.82) is 0 Å². The van der Waals surface area contributed by atoms with Gasteiger partial charge in [-0.05, 0) is 29.8 Å². The number of hydrogen-bond acceptors (Lipinski definition) is 4. The maximum atomic E-state index is 13.1. The number of nitrogens with one attached hydrogen (secondary N) is 1. The van der Waals surface area contributed by atoms with Crippen LogP contribution in [0.15, 0.2) is 67.0 Å². The molecule has 3 aromatic rings. The molecular formula is C22H25ClN4O2. The number of aryl methyl sites for hydroxylation is 1. The van der Waals surface area contributed by atoms with E-state index in [2.05, 4.69) is 10.3 Å². The number of carbonyl (C=O) groups is 1. The molecule has 0 saturated carbocycles. The highest BCUT2D eigenvalue weighted by molar-refractivity contribution is 5.94. The van der Waals surface area contributed by atoms with Gasteiger partial charge >= 0.3 is 0 Å². The minimum Gasteiger partial charge on any atom is -0.489 e. The summed E-state index contributed by atoms with van der Waals surface area (Å²) in [5.74, 6) is 1.76. The number of hydrogen-bond donors (Lipinski definition) is 1. The first kappa shape index (κ1) is 20.9. The van der Waals surface area contributed by atoms with Gasteiger partial charge in [0.2, 0.25) is 0 Å².